The molecule has 0 aliphatic carbocycles. The molecule has 0 fully saturated rings. The second kappa shape index (κ2) is 4.25. The van der Waals surface area contributed by atoms with Crippen LogP contribution in [0.2, 0.25) is 0 Å². The second-order valence-corrected chi connectivity index (χ2v) is 4.03. The summed E-state index contributed by atoms with van der Waals surface area (Å²) in [5.41, 5.74) is 0.701. The van der Waals surface area contributed by atoms with Crippen LogP contribution in [0.15, 0.2) is 28.0 Å². The minimum absolute atomic E-state index is 0.157. The van der Waals surface area contributed by atoms with Crippen molar-refractivity contribution in [3.63, 3.8) is 0 Å². The molecule has 1 heterocycles. The summed E-state index contributed by atoms with van der Waals surface area (Å²) in [5, 5.41) is 8.67. The number of aryl methyl sites for hydroxylation is 1. The molecule has 3 nitrogen and oxygen atoms in total. The predicted octanol–water partition coefficient (Wildman–Crippen LogP) is 1.94. The number of allylic oxidation sites excluding steroid dienone is 1. The third-order valence-electron chi connectivity index (χ3n) is 1.84. The maximum Gasteiger partial charge on any atom is 0.268 e. The molecule has 4 heteroatoms. The van der Waals surface area contributed by atoms with E-state index in [0.29, 0.717) is 11.0 Å². The van der Waals surface area contributed by atoms with Crippen LogP contribution >= 0.6 is 15.9 Å². The second-order valence-electron chi connectivity index (χ2n) is 2.91. The number of hydrogen-bond donors (Lipinski definition) is 0. The summed E-state index contributed by atoms with van der Waals surface area (Å²) in [7, 11) is 0. The van der Waals surface area contributed by atoms with Gasteiger partial charge in [0.2, 0.25) is 0 Å². The van der Waals surface area contributed by atoms with Crippen molar-refractivity contribution in [1.82, 2.24) is 4.57 Å². The van der Waals surface area contributed by atoms with Gasteiger partial charge in [-0.25, -0.2) is 0 Å². The highest BCUT2D eigenvalue weighted by atomic mass is 79.9. The van der Waals surface area contributed by atoms with E-state index >= 15 is 0 Å². The van der Waals surface area contributed by atoms with Gasteiger partial charge in [-0.1, -0.05) is 22.5 Å². The zero-order valence-electron chi connectivity index (χ0n) is 7.75. The molecule has 14 heavy (non-hydrogen) atoms. The Morgan fingerprint density at radius 2 is 2.36 bits per heavy atom. The average molecular weight is 253 g/mol. The van der Waals surface area contributed by atoms with Crippen molar-refractivity contribution >= 4 is 15.9 Å². The molecule has 0 unspecified atom stereocenters. The number of halogens is 1. The van der Waals surface area contributed by atoms with E-state index in [0.717, 1.165) is 5.69 Å². The van der Waals surface area contributed by atoms with Gasteiger partial charge in [-0.15, -0.1) is 0 Å². The Morgan fingerprint density at radius 1 is 1.71 bits per heavy atom. The van der Waals surface area contributed by atoms with Gasteiger partial charge < -0.3 is 4.57 Å². The van der Waals surface area contributed by atoms with Gasteiger partial charge in [0.25, 0.3) is 5.56 Å². The minimum atomic E-state index is -0.270. The minimum Gasteiger partial charge on any atom is -0.307 e. The Kier molecular flexibility index (Phi) is 3.26. The Bertz CT molecular complexity index is 468. The fraction of sp³-hybridized carbons (Fsp3) is 0.200. The highest BCUT2D eigenvalue weighted by Gasteiger charge is 2.05. The van der Waals surface area contributed by atoms with E-state index in [1.807, 2.05) is 13.0 Å². The Hall–Kier alpha value is -1.34. The third kappa shape index (κ3) is 2.12. The lowest BCUT2D eigenvalue weighted by atomic mass is 10.2. The molecule has 0 atom stereocenters. The van der Waals surface area contributed by atoms with Gasteiger partial charge >= 0.3 is 0 Å². The van der Waals surface area contributed by atoms with Crippen molar-refractivity contribution in [1.29, 1.82) is 5.26 Å². The van der Waals surface area contributed by atoms with Crippen LogP contribution in [0.5, 0.6) is 0 Å². The number of hydrogen-bond acceptors (Lipinski definition) is 2. The summed E-state index contributed by atoms with van der Waals surface area (Å²) in [4.78, 5) is 11.6. The Morgan fingerprint density at radius 3 is 2.86 bits per heavy atom. The zero-order chi connectivity index (χ0) is 10.7. The number of nitriles is 1. The zero-order valence-corrected chi connectivity index (χ0v) is 9.34. The smallest absolute Gasteiger partial charge is 0.268 e. The standard InChI is InChI=1S/C10H9BrN2O/c1-7(11)6-13-8(2)3-4-9(5-12)10(13)14/h3-4H,1,6H2,2H3. The van der Waals surface area contributed by atoms with Crippen LogP contribution in [0.4, 0.5) is 0 Å². The van der Waals surface area contributed by atoms with Gasteiger partial charge in [0, 0.05) is 10.2 Å². The summed E-state index contributed by atoms with van der Waals surface area (Å²) >= 11 is 3.19. The Labute approximate surface area is 90.4 Å². The first-order chi connectivity index (χ1) is 6.56. The van der Waals surface area contributed by atoms with Crippen molar-refractivity contribution in [2.24, 2.45) is 0 Å². The number of aromatic nitrogens is 1. The van der Waals surface area contributed by atoms with Crippen LogP contribution in [0, 0.1) is 18.3 Å². The van der Waals surface area contributed by atoms with Gasteiger partial charge in [0.05, 0.1) is 6.54 Å². The first-order valence-electron chi connectivity index (χ1n) is 4.00. The van der Waals surface area contributed by atoms with E-state index in [9.17, 15) is 4.79 Å². The highest BCUT2D eigenvalue weighted by Crippen LogP contribution is 2.06. The van der Waals surface area contributed by atoms with Crippen LogP contribution in [-0.2, 0) is 6.54 Å². The van der Waals surface area contributed by atoms with E-state index in [2.05, 4.69) is 22.5 Å². The molecule has 0 aromatic carbocycles. The van der Waals surface area contributed by atoms with Crippen LogP contribution in [0.3, 0.4) is 0 Å². The van der Waals surface area contributed by atoms with Crippen LogP contribution in [-0.4, -0.2) is 4.57 Å². The van der Waals surface area contributed by atoms with Gasteiger partial charge in [-0.3, -0.25) is 4.79 Å². The summed E-state index contributed by atoms with van der Waals surface area (Å²) in [6.45, 7) is 5.87. The van der Waals surface area contributed by atoms with Crippen molar-refractivity contribution < 1.29 is 0 Å². The molecule has 1 aromatic rings. The van der Waals surface area contributed by atoms with Crippen molar-refractivity contribution in [2.75, 3.05) is 0 Å². The van der Waals surface area contributed by atoms with Crippen LogP contribution < -0.4 is 5.56 Å². The molecule has 0 N–H and O–H groups in total. The summed E-state index contributed by atoms with van der Waals surface area (Å²) < 4.78 is 2.22. The quantitative estimate of drug-likeness (QED) is 0.808. The Balaban J connectivity index is 3.35. The first-order valence-corrected chi connectivity index (χ1v) is 4.79. The maximum absolute atomic E-state index is 11.6. The normalized spacial score (nSPS) is 9.50. The molecule has 72 valence electrons. The first kappa shape index (κ1) is 10.7. The number of nitrogens with zero attached hydrogens (tertiary/aromatic N) is 2. The van der Waals surface area contributed by atoms with Crippen LogP contribution in [0.25, 0.3) is 0 Å². The average Bonchev–Trinajstić information content (AvgIpc) is 2.12. The van der Waals surface area contributed by atoms with E-state index in [1.54, 1.807) is 6.07 Å². The fourth-order valence-electron chi connectivity index (χ4n) is 1.12. The molecule has 0 bridgehead atoms. The largest absolute Gasteiger partial charge is 0.307 e. The molecule has 0 spiro atoms. The molecular weight excluding hydrogens is 244 g/mol. The molecular formula is C10H9BrN2O. The van der Waals surface area contributed by atoms with Gasteiger partial charge in [0.1, 0.15) is 11.6 Å². The topological polar surface area (TPSA) is 45.8 Å². The van der Waals surface area contributed by atoms with E-state index in [4.69, 9.17) is 5.26 Å². The molecule has 0 saturated heterocycles. The predicted molar refractivity (Wildman–Crippen MR) is 58.2 cm³/mol. The lowest BCUT2D eigenvalue weighted by Crippen LogP contribution is -2.24. The van der Waals surface area contributed by atoms with Gasteiger partial charge in [-0.2, -0.15) is 5.26 Å². The monoisotopic (exact) mass is 252 g/mol. The SMILES string of the molecule is C=C(Br)Cn1c(C)ccc(C#N)c1=O. The molecule has 0 saturated carbocycles. The molecule has 0 aliphatic heterocycles. The van der Waals surface area contributed by atoms with Crippen molar-refractivity contribution in [2.45, 2.75) is 13.5 Å². The molecule has 0 radical (unpaired) electrons. The van der Waals surface area contributed by atoms with E-state index < -0.39 is 0 Å². The van der Waals surface area contributed by atoms with Crippen molar-refractivity contribution in [3.05, 3.63) is 44.8 Å². The lowest BCUT2D eigenvalue weighted by molar-refractivity contribution is 0.740. The van der Waals surface area contributed by atoms with Crippen LogP contribution in [0.1, 0.15) is 11.3 Å². The summed E-state index contributed by atoms with van der Waals surface area (Å²) in [5.74, 6) is 0. The highest BCUT2D eigenvalue weighted by molar-refractivity contribution is 9.11. The van der Waals surface area contributed by atoms with E-state index in [1.165, 1.54) is 10.6 Å². The third-order valence-corrected chi connectivity index (χ3v) is 2.09. The lowest BCUT2D eigenvalue weighted by Gasteiger charge is -2.08. The molecule has 1 rings (SSSR count). The summed E-state index contributed by atoms with van der Waals surface area (Å²) in [6.07, 6.45) is 0. The van der Waals surface area contributed by atoms with Gasteiger partial charge in [-0.05, 0) is 19.1 Å². The van der Waals surface area contributed by atoms with E-state index in [-0.39, 0.29) is 11.1 Å². The fourth-order valence-corrected chi connectivity index (χ4v) is 1.37. The maximum atomic E-state index is 11.6. The molecule has 0 aliphatic rings. The van der Waals surface area contributed by atoms with Gasteiger partial charge in [0.15, 0.2) is 0 Å². The number of pyridine rings is 1. The number of rotatable bonds is 2. The molecule has 1 aromatic heterocycles. The molecule has 0 amide bonds. The summed E-state index contributed by atoms with van der Waals surface area (Å²) in [6, 6.07) is 5.14. The van der Waals surface area contributed by atoms with Crippen molar-refractivity contribution in [3.8, 4) is 6.07 Å².